The van der Waals surface area contributed by atoms with Crippen molar-refractivity contribution in [3.05, 3.63) is 0 Å². The van der Waals surface area contributed by atoms with Crippen LogP contribution in [0.15, 0.2) is 0 Å². The Morgan fingerprint density at radius 1 is 1.08 bits per heavy atom. The lowest BCUT2D eigenvalue weighted by atomic mass is 9.79. The Morgan fingerprint density at radius 2 is 1.62 bits per heavy atom. The lowest BCUT2D eigenvalue weighted by Gasteiger charge is -2.32. The maximum Gasteiger partial charge on any atom is 0.407 e. The predicted octanol–water partition coefficient (Wildman–Crippen LogP) is 2.99. The van der Waals surface area contributed by atoms with Crippen LogP contribution in [0.3, 0.4) is 0 Å². The van der Waals surface area contributed by atoms with Gasteiger partial charge >= 0.3 is 12.1 Å². The zero-order valence-corrected chi connectivity index (χ0v) is 16.0. The van der Waals surface area contributed by atoms with Gasteiger partial charge in [0, 0.05) is 5.54 Å². The lowest BCUT2D eigenvalue weighted by Crippen LogP contribution is -2.44. The highest BCUT2D eigenvalue weighted by Gasteiger charge is 2.32. The summed E-state index contributed by atoms with van der Waals surface area (Å²) >= 11 is 0. The minimum Gasteiger partial charge on any atom is -0.459 e. The number of nitrogens with one attached hydrogen (secondary N) is 1. The molecular formula is C18H34N2O4. The van der Waals surface area contributed by atoms with Crippen molar-refractivity contribution < 1.29 is 19.1 Å². The average molecular weight is 342 g/mol. The van der Waals surface area contributed by atoms with E-state index in [9.17, 15) is 9.59 Å². The maximum atomic E-state index is 12.1. The van der Waals surface area contributed by atoms with Gasteiger partial charge in [0.1, 0.15) is 11.6 Å². The van der Waals surface area contributed by atoms with E-state index in [0.29, 0.717) is 12.5 Å². The molecule has 0 spiro atoms. The first-order valence-electron chi connectivity index (χ1n) is 8.81. The molecule has 0 saturated heterocycles. The molecule has 6 heteroatoms. The van der Waals surface area contributed by atoms with Crippen molar-refractivity contribution >= 4 is 12.1 Å². The van der Waals surface area contributed by atoms with Gasteiger partial charge in [-0.05, 0) is 79.1 Å². The molecule has 3 N–H and O–H groups in total. The number of ether oxygens (including phenoxy) is 2. The van der Waals surface area contributed by atoms with Gasteiger partial charge in [0.05, 0.1) is 6.61 Å². The second kappa shape index (κ2) is 8.19. The molecule has 0 radical (unpaired) electrons. The average Bonchev–Trinajstić information content (AvgIpc) is 2.41. The maximum absolute atomic E-state index is 12.1. The van der Waals surface area contributed by atoms with Gasteiger partial charge in [-0.1, -0.05) is 0 Å². The first-order chi connectivity index (χ1) is 10.9. The van der Waals surface area contributed by atoms with Gasteiger partial charge < -0.3 is 20.5 Å². The fourth-order valence-electron chi connectivity index (χ4n) is 2.81. The smallest absolute Gasteiger partial charge is 0.407 e. The van der Waals surface area contributed by atoms with E-state index in [1.807, 2.05) is 41.5 Å². The fraction of sp³-hybridized carbons (Fsp3) is 0.889. The summed E-state index contributed by atoms with van der Waals surface area (Å²) in [4.78, 5) is 23.7. The van der Waals surface area contributed by atoms with Gasteiger partial charge in [0.25, 0.3) is 0 Å². The van der Waals surface area contributed by atoms with Gasteiger partial charge in [-0.15, -0.1) is 0 Å². The topological polar surface area (TPSA) is 90.6 Å². The third-order valence-electron chi connectivity index (χ3n) is 4.01. The molecule has 6 nitrogen and oxygen atoms in total. The summed E-state index contributed by atoms with van der Waals surface area (Å²) in [7, 11) is 0. The van der Waals surface area contributed by atoms with E-state index in [1.54, 1.807) is 0 Å². The van der Waals surface area contributed by atoms with Crippen LogP contribution in [-0.4, -0.2) is 35.9 Å². The summed E-state index contributed by atoms with van der Waals surface area (Å²) in [5.41, 5.74) is 5.26. The molecule has 1 aliphatic rings. The number of hydrogen-bond acceptors (Lipinski definition) is 5. The monoisotopic (exact) mass is 342 g/mol. The predicted molar refractivity (Wildman–Crippen MR) is 93.5 cm³/mol. The molecule has 1 amide bonds. The summed E-state index contributed by atoms with van der Waals surface area (Å²) in [6.45, 7) is 11.7. The van der Waals surface area contributed by atoms with Crippen molar-refractivity contribution in [3.63, 3.8) is 0 Å². The van der Waals surface area contributed by atoms with Crippen molar-refractivity contribution in [2.45, 2.75) is 84.4 Å². The van der Waals surface area contributed by atoms with Crippen LogP contribution in [-0.2, 0) is 14.3 Å². The van der Waals surface area contributed by atoms with Crippen LogP contribution in [0.2, 0.25) is 0 Å². The SMILES string of the molecule is CC(C)(C)NC(=O)OCC1CCC(C(N)C(=O)OC(C)(C)C)CC1. The van der Waals surface area contributed by atoms with E-state index >= 15 is 0 Å². The molecule has 24 heavy (non-hydrogen) atoms. The van der Waals surface area contributed by atoms with E-state index in [4.69, 9.17) is 15.2 Å². The highest BCUT2D eigenvalue weighted by molar-refractivity contribution is 5.76. The standard InChI is InChI=1S/C18H34N2O4/c1-17(2,3)20-16(22)23-11-12-7-9-13(10-8-12)14(19)15(21)24-18(4,5)6/h12-14H,7-11,19H2,1-6H3,(H,20,22). The zero-order valence-electron chi connectivity index (χ0n) is 16.0. The Hall–Kier alpha value is -1.30. The molecule has 0 bridgehead atoms. The third kappa shape index (κ3) is 7.99. The summed E-state index contributed by atoms with van der Waals surface area (Å²) in [6, 6.07) is -0.574. The molecule has 1 rings (SSSR count). The van der Waals surface area contributed by atoms with Crippen LogP contribution in [0.1, 0.15) is 67.2 Å². The fourth-order valence-corrected chi connectivity index (χ4v) is 2.81. The minimum absolute atomic E-state index is 0.138. The van der Waals surface area contributed by atoms with Crippen LogP contribution in [0.4, 0.5) is 4.79 Å². The number of esters is 1. The number of hydrogen-bond donors (Lipinski definition) is 2. The molecule has 1 fully saturated rings. The summed E-state index contributed by atoms with van der Waals surface area (Å²) in [5.74, 6) is 0.143. The van der Waals surface area contributed by atoms with Gasteiger partial charge in [-0.3, -0.25) is 4.79 Å². The number of nitrogens with two attached hydrogens (primary N) is 1. The van der Waals surface area contributed by atoms with E-state index in [1.165, 1.54) is 0 Å². The Bertz CT molecular complexity index is 429. The minimum atomic E-state index is -0.574. The van der Waals surface area contributed by atoms with Crippen LogP contribution in [0, 0.1) is 11.8 Å². The Morgan fingerprint density at radius 3 is 2.08 bits per heavy atom. The van der Waals surface area contributed by atoms with Gasteiger partial charge in [0.15, 0.2) is 0 Å². The number of carbonyl (C=O) groups is 2. The first kappa shape index (κ1) is 20.7. The molecular weight excluding hydrogens is 308 g/mol. The van der Waals surface area contributed by atoms with Gasteiger partial charge in [0.2, 0.25) is 0 Å². The van der Waals surface area contributed by atoms with Crippen molar-refractivity contribution in [1.29, 1.82) is 0 Å². The van der Waals surface area contributed by atoms with Crippen LogP contribution in [0.5, 0.6) is 0 Å². The van der Waals surface area contributed by atoms with Gasteiger partial charge in [-0.25, -0.2) is 4.79 Å². The van der Waals surface area contributed by atoms with Crippen LogP contribution in [0.25, 0.3) is 0 Å². The largest absolute Gasteiger partial charge is 0.459 e. The molecule has 0 heterocycles. The first-order valence-corrected chi connectivity index (χ1v) is 8.81. The molecule has 1 saturated carbocycles. The second-order valence-corrected chi connectivity index (χ2v) is 8.81. The van der Waals surface area contributed by atoms with Gasteiger partial charge in [-0.2, -0.15) is 0 Å². The molecule has 0 aliphatic heterocycles. The quantitative estimate of drug-likeness (QED) is 0.767. The summed E-state index contributed by atoms with van der Waals surface area (Å²) < 4.78 is 10.7. The van der Waals surface area contributed by atoms with E-state index in [0.717, 1.165) is 25.7 Å². The van der Waals surface area contributed by atoms with E-state index in [-0.39, 0.29) is 23.5 Å². The molecule has 0 aromatic heterocycles. The van der Waals surface area contributed by atoms with Crippen molar-refractivity contribution in [3.8, 4) is 0 Å². The van der Waals surface area contributed by atoms with E-state index < -0.39 is 11.6 Å². The number of amides is 1. The molecule has 1 aliphatic carbocycles. The molecule has 1 unspecified atom stereocenters. The number of carbonyl (C=O) groups excluding carboxylic acids is 2. The lowest BCUT2D eigenvalue weighted by molar-refractivity contribution is -0.158. The summed E-state index contributed by atoms with van der Waals surface area (Å²) in [6.07, 6.45) is 3.15. The van der Waals surface area contributed by atoms with Crippen molar-refractivity contribution in [2.24, 2.45) is 17.6 Å². The van der Waals surface area contributed by atoms with Crippen LogP contribution < -0.4 is 11.1 Å². The highest BCUT2D eigenvalue weighted by Crippen LogP contribution is 2.31. The molecule has 1 atom stereocenters. The second-order valence-electron chi connectivity index (χ2n) is 8.81. The molecule has 0 aromatic rings. The number of alkyl carbamates (subject to hydrolysis) is 1. The Balaban J connectivity index is 2.33. The van der Waals surface area contributed by atoms with E-state index in [2.05, 4.69) is 5.32 Å². The Kier molecular flexibility index (Phi) is 7.08. The Labute approximate surface area is 145 Å². The molecule has 140 valence electrons. The summed E-state index contributed by atoms with van der Waals surface area (Å²) in [5, 5.41) is 2.78. The third-order valence-corrected chi connectivity index (χ3v) is 4.01. The number of rotatable bonds is 4. The normalized spacial score (nSPS) is 23.3. The zero-order chi connectivity index (χ0) is 18.5. The van der Waals surface area contributed by atoms with Crippen molar-refractivity contribution in [1.82, 2.24) is 5.32 Å². The highest BCUT2D eigenvalue weighted by atomic mass is 16.6. The molecule has 0 aromatic carbocycles. The van der Waals surface area contributed by atoms with Crippen LogP contribution >= 0.6 is 0 Å². The van der Waals surface area contributed by atoms with Crippen molar-refractivity contribution in [2.75, 3.05) is 6.61 Å².